The predicted molar refractivity (Wildman–Crippen MR) is 77.5 cm³/mol. The quantitative estimate of drug-likeness (QED) is 0.859. The van der Waals surface area contributed by atoms with Gasteiger partial charge in [0.15, 0.2) is 5.82 Å². The minimum atomic E-state index is 0.589. The van der Waals surface area contributed by atoms with E-state index in [0.717, 1.165) is 51.0 Å². The molecule has 0 aliphatic carbocycles. The Morgan fingerprint density at radius 1 is 1.26 bits per heavy atom. The predicted octanol–water partition coefficient (Wildman–Crippen LogP) is 1.08. The third-order valence-electron chi connectivity index (χ3n) is 3.34. The van der Waals surface area contributed by atoms with Crippen LogP contribution in [0.3, 0.4) is 0 Å². The lowest BCUT2D eigenvalue weighted by Gasteiger charge is -2.33. The maximum Gasteiger partial charge on any atom is 0.247 e. The van der Waals surface area contributed by atoms with E-state index in [1.54, 1.807) is 6.20 Å². The molecular formula is C13H24N6. The van der Waals surface area contributed by atoms with Crippen molar-refractivity contribution in [2.24, 2.45) is 5.92 Å². The van der Waals surface area contributed by atoms with Crippen LogP contribution in [0.25, 0.3) is 0 Å². The SMILES string of the molecule is CCN1CCN(c2nncc(NCC(C)C)n2)CC1. The summed E-state index contributed by atoms with van der Waals surface area (Å²) in [6.45, 7) is 12.7. The van der Waals surface area contributed by atoms with Crippen LogP contribution in [0.1, 0.15) is 20.8 Å². The van der Waals surface area contributed by atoms with Gasteiger partial charge in [0, 0.05) is 32.7 Å². The van der Waals surface area contributed by atoms with E-state index >= 15 is 0 Å². The van der Waals surface area contributed by atoms with Crippen molar-refractivity contribution in [1.29, 1.82) is 0 Å². The number of nitrogens with one attached hydrogen (secondary N) is 1. The van der Waals surface area contributed by atoms with Gasteiger partial charge in [-0.25, -0.2) is 0 Å². The maximum absolute atomic E-state index is 4.54. The van der Waals surface area contributed by atoms with Crippen LogP contribution < -0.4 is 10.2 Å². The number of hydrogen-bond donors (Lipinski definition) is 1. The average molecular weight is 264 g/mol. The number of anilines is 2. The Kier molecular flexibility index (Phi) is 4.90. The van der Waals surface area contributed by atoms with Crippen molar-refractivity contribution >= 4 is 11.8 Å². The van der Waals surface area contributed by atoms with E-state index in [4.69, 9.17) is 0 Å². The van der Waals surface area contributed by atoms with E-state index < -0.39 is 0 Å². The van der Waals surface area contributed by atoms with Crippen LogP contribution >= 0.6 is 0 Å². The summed E-state index contributed by atoms with van der Waals surface area (Å²) >= 11 is 0. The van der Waals surface area contributed by atoms with Gasteiger partial charge in [-0.15, -0.1) is 5.10 Å². The van der Waals surface area contributed by atoms with Gasteiger partial charge in [0.25, 0.3) is 0 Å². The highest BCUT2D eigenvalue weighted by Crippen LogP contribution is 2.12. The maximum atomic E-state index is 4.54. The topological polar surface area (TPSA) is 57.2 Å². The molecule has 19 heavy (non-hydrogen) atoms. The third-order valence-corrected chi connectivity index (χ3v) is 3.34. The molecule has 1 aromatic heterocycles. The van der Waals surface area contributed by atoms with E-state index in [1.165, 1.54) is 0 Å². The fourth-order valence-corrected chi connectivity index (χ4v) is 2.09. The molecule has 106 valence electrons. The number of piperazine rings is 1. The van der Waals surface area contributed by atoms with Crippen LogP contribution in [0.5, 0.6) is 0 Å². The van der Waals surface area contributed by atoms with Crippen molar-refractivity contribution < 1.29 is 0 Å². The Morgan fingerprint density at radius 2 is 2.00 bits per heavy atom. The molecule has 6 heteroatoms. The highest BCUT2D eigenvalue weighted by Gasteiger charge is 2.18. The summed E-state index contributed by atoms with van der Waals surface area (Å²) in [6, 6.07) is 0. The lowest BCUT2D eigenvalue weighted by Crippen LogP contribution is -2.46. The molecule has 1 saturated heterocycles. The van der Waals surface area contributed by atoms with Crippen molar-refractivity contribution in [1.82, 2.24) is 20.1 Å². The van der Waals surface area contributed by atoms with Crippen LogP contribution in [0, 0.1) is 5.92 Å². The first-order valence-electron chi connectivity index (χ1n) is 7.10. The minimum Gasteiger partial charge on any atom is -0.368 e. The standard InChI is InChI=1S/C13H24N6/c1-4-18-5-7-19(8-6-18)13-16-12(10-15-17-13)14-9-11(2)3/h10-11H,4-9H2,1-3H3,(H,14,16,17). The molecule has 1 aliphatic heterocycles. The molecule has 1 aliphatic rings. The molecule has 1 fully saturated rings. The fourth-order valence-electron chi connectivity index (χ4n) is 2.09. The summed E-state index contributed by atoms with van der Waals surface area (Å²) < 4.78 is 0. The fraction of sp³-hybridized carbons (Fsp3) is 0.769. The second-order valence-electron chi connectivity index (χ2n) is 5.34. The van der Waals surface area contributed by atoms with Crippen LogP contribution in [-0.4, -0.2) is 59.3 Å². The lowest BCUT2D eigenvalue weighted by molar-refractivity contribution is 0.269. The van der Waals surface area contributed by atoms with E-state index in [2.05, 4.69) is 51.1 Å². The number of aromatic nitrogens is 3. The van der Waals surface area contributed by atoms with Gasteiger partial charge in [0.1, 0.15) is 0 Å². The Balaban J connectivity index is 1.95. The number of likely N-dealkylation sites (N-methyl/N-ethyl adjacent to an activating group) is 1. The molecular weight excluding hydrogens is 240 g/mol. The van der Waals surface area contributed by atoms with Crippen molar-refractivity contribution in [2.45, 2.75) is 20.8 Å². The molecule has 2 heterocycles. The summed E-state index contributed by atoms with van der Waals surface area (Å²) in [5.41, 5.74) is 0. The van der Waals surface area contributed by atoms with Gasteiger partial charge < -0.3 is 15.1 Å². The molecule has 0 radical (unpaired) electrons. The van der Waals surface area contributed by atoms with Crippen molar-refractivity contribution in [3.05, 3.63) is 6.20 Å². The number of rotatable bonds is 5. The molecule has 0 bridgehead atoms. The van der Waals surface area contributed by atoms with Gasteiger partial charge in [0.05, 0.1) is 6.20 Å². The van der Waals surface area contributed by atoms with Gasteiger partial charge in [-0.05, 0) is 12.5 Å². The molecule has 2 rings (SSSR count). The Labute approximate surface area is 115 Å². The highest BCUT2D eigenvalue weighted by atomic mass is 15.4. The van der Waals surface area contributed by atoms with Crippen LogP contribution in [-0.2, 0) is 0 Å². The second kappa shape index (κ2) is 6.65. The highest BCUT2D eigenvalue weighted by molar-refractivity contribution is 5.39. The first kappa shape index (κ1) is 14.0. The van der Waals surface area contributed by atoms with E-state index in [-0.39, 0.29) is 0 Å². The van der Waals surface area contributed by atoms with E-state index in [1.807, 2.05) is 0 Å². The lowest BCUT2D eigenvalue weighted by atomic mass is 10.2. The van der Waals surface area contributed by atoms with Gasteiger partial charge in [0.2, 0.25) is 5.95 Å². The molecule has 0 amide bonds. The minimum absolute atomic E-state index is 0.589. The smallest absolute Gasteiger partial charge is 0.247 e. The van der Waals surface area contributed by atoms with E-state index in [9.17, 15) is 0 Å². The molecule has 6 nitrogen and oxygen atoms in total. The molecule has 0 saturated carbocycles. The van der Waals surface area contributed by atoms with Gasteiger partial charge in [-0.1, -0.05) is 20.8 Å². The zero-order chi connectivity index (χ0) is 13.7. The Morgan fingerprint density at radius 3 is 2.63 bits per heavy atom. The van der Waals surface area contributed by atoms with Crippen LogP contribution in [0.2, 0.25) is 0 Å². The molecule has 0 atom stereocenters. The summed E-state index contributed by atoms with van der Waals surface area (Å²) in [5, 5.41) is 11.5. The number of hydrogen-bond acceptors (Lipinski definition) is 6. The van der Waals surface area contributed by atoms with E-state index in [0.29, 0.717) is 5.92 Å². The molecule has 0 aromatic carbocycles. The zero-order valence-electron chi connectivity index (χ0n) is 12.1. The summed E-state index contributed by atoms with van der Waals surface area (Å²) in [7, 11) is 0. The van der Waals surface area contributed by atoms with Crippen molar-refractivity contribution in [3.8, 4) is 0 Å². The molecule has 0 spiro atoms. The Bertz CT molecular complexity index is 386. The largest absolute Gasteiger partial charge is 0.368 e. The molecule has 1 aromatic rings. The summed E-state index contributed by atoms with van der Waals surface area (Å²) in [6.07, 6.45) is 1.69. The summed E-state index contributed by atoms with van der Waals surface area (Å²) in [4.78, 5) is 9.19. The van der Waals surface area contributed by atoms with Gasteiger partial charge >= 0.3 is 0 Å². The van der Waals surface area contributed by atoms with Gasteiger partial charge in [-0.3, -0.25) is 0 Å². The van der Waals surface area contributed by atoms with Crippen LogP contribution in [0.4, 0.5) is 11.8 Å². The first-order chi connectivity index (χ1) is 9.19. The van der Waals surface area contributed by atoms with Crippen molar-refractivity contribution in [3.63, 3.8) is 0 Å². The average Bonchev–Trinajstić information content (AvgIpc) is 2.45. The van der Waals surface area contributed by atoms with Crippen molar-refractivity contribution in [2.75, 3.05) is 49.5 Å². The molecule has 0 unspecified atom stereocenters. The third kappa shape index (κ3) is 4.02. The zero-order valence-corrected chi connectivity index (χ0v) is 12.1. The van der Waals surface area contributed by atoms with Gasteiger partial charge in [-0.2, -0.15) is 10.1 Å². The normalized spacial score (nSPS) is 16.9. The number of nitrogens with zero attached hydrogens (tertiary/aromatic N) is 5. The monoisotopic (exact) mass is 264 g/mol. The molecule has 1 N–H and O–H groups in total. The Hall–Kier alpha value is -1.43. The van der Waals surface area contributed by atoms with Crippen LogP contribution in [0.15, 0.2) is 6.20 Å². The first-order valence-corrected chi connectivity index (χ1v) is 7.10. The second-order valence-corrected chi connectivity index (χ2v) is 5.34. The summed E-state index contributed by atoms with van der Waals surface area (Å²) in [5.74, 6) is 2.15.